The number of tetrazole rings is 1. The molecule has 1 heterocycles. The normalized spacial score (nSPS) is 11.6. The largest absolute Gasteiger partial charge is 0.495 e. The summed E-state index contributed by atoms with van der Waals surface area (Å²) >= 11 is 0. The summed E-state index contributed by atoms with van der Waals surface area (Å²) in [6.07, 6.45) is 2.93. The van der Waals surface area contributed by atoms with Gasteiger partial charge >= 0.3 is 0 Å². The molecule has 0 amide bonds. The highest BCUT2D eigenvalue weighted by Crippen LogP contribution is 2.33. The number of hydrogen-bond acceptors (Lipinski definition) is 5. The van der Waals surface area contributed by atoms with Gasteiger partial charge < -0.3 is 10.5 Å². The molecule has 0 spiro atoms. The van der Waals surface area contributed by atoms with Gasteiger partial charge in [0.15, 0.2) is 5.82 Å². The number of nitrogen functional groups attached to an aromatic ring is 1. The maximum absolute atomic E-state index is 5.99. The molecule has 0 aliphatic heterocycles. The summed E-state index contributed by atoms with van der Waals surface area (Å²) in [7, 11) is 1.60. The van der Waals surface area contributed by atoms with Crippen LogP contribution in [0.5, 0.6) is 5.75 Å². The molecule has 1 aromatic heterocycles. The Hall–Kier alpha value is -2.11. The predicted octanol–water partition coefficient (Wildman–Crippen LogP) is 2.86. The molecular weight excluding hydrogens is 266 g/mol. The molecular formula is C15H23N5O. The van der Waals surface area contributed by atoms with Gasteiger partial charge in [-0.2, -0.15) is 0 Å². The topological polar surface area (TPSA) is 78.8 Å². The zero-order valence-electron chi connectivity index (χ0n) is 13.1. The van der Waals surface area contributed by atoms with Gasteiger partial charge in [0.1, 0.15) is 5.75 Å². The maximum Gasteiger partial charge on any atom is 0.182 e. The fourth-order valence-electron chi connectivity index (χ4n) is 2.76. The molecule has 21 heavy (non-hydrogen) atoms. The second kappa shape index (κ2) is 6.11. The van der Waals surface area contributed by atoms with Crippen molar-refractivity contribution in [3.63, 3.8) is 0 Å². The van der Waals surface area contributed by atoms with Gasteiger partial charge in [0, 0.05) is 5.56 Å². The minimum atomic E-state index is -0.0620. The molecule has 0 aliphatic rings. The number of rotatable bonds is 6. The Morgan fingerprint density at radius 2 is 1.86 bits per heavy atom. The van der Waals surface area contributed by atoms with E-state index in [1.807, 2.05) is 22.9 Å². The van der Waals surface area contributed by atoms with Crippen molar-refractivity contribution in [3.8, 4) is 17.1 Å². The van der Waals surface area contributed by atoms with Crippen molar-refractivity contribution < 1.29 is 4.74 Å². The smallest absolute Gasteiger partial charge is 0.182 e. The van der Waals surface area contributed by atoms with E-state index in [-0.39, 0.29) is 5.54 Å². The van der Waals surface area contributed by atoms with Gasteiger partial charge in [-0.1, -0.05) is 20.8 Å². The lowest BCUT2D eigenvalue weighted by Crippen LogP contribution is -2.33. The van der Waals surface area contributed by atoms with E-state index in [1.54, 1.807) is 7.11 Å². The SMILES string of the molecule is CCC(CC)(CC)n1nnnc1-c1ccc(OC)c(N)c1. The van der Waals surface area contributed by atoms with Crippen LogP contribution in [0.4, 0.5) is 5.69 Å². The van der Waals surface area contributed by atoms with Gasteiger partial charge in [-0.25, -0.2) is 4.68 Å². The third-order valence-electron chi connectivity index (χ3n) is 4.38. The first-order valence-electron chi connectivity index (χ1n) is 7.34. The lowest BCUT2D eigenvalue weighted by molar-refractivity contribution is 0.223. The van der Waals surface area contributed by atoms with Crippen LogP contribution in [0.15, 0.2) is 18.2 Å². The number of nitrogens with zero attached hydrogens (tertiary/aromatic N) is 4. The minimum absolute atomic E-state index is 0.0620. The molecule has 2 rings (SSSR count). The molecule has 0 radical (unpaired) electrons. The molecule has 0 fully saturated rings. The number of ether oxygens (including phenoxy) is 1. The molecule has 0 unspecified atom stereocenters. The second-order valence-corrected chi connectivity index (χ2v) is 5.16. The Kier molecular flexibility index (Phi) is 4.45. The first-order chi connectivity index (χ1) is 10.1. The molecule has 2 aromatic rings. The molecule has 0 aliphatic carbocycles. The van der Waals surface area contributed by atoms with Crippen molar-refractivity contribution >= 4 is 5.69 Å². The highest BCUT2D eigenvalue weighted by Gasteiger charge is 2.30. The van der Waals surface area contributed by atoms with E-state index < -0.39 is 0 Å². The van der Waals surface area contributed by atoms with Crippen molar-refractivity contribution in [1.29, 1.82) is 0 Å². The van der Waals surface area contributed by atoms with Crippen molar-refractivity contribution in [1.82, 2.24) is 20.2 Å². The fraction of sp³-hybridized carbons (Fsp3) is 0.533. The average molecular weight is 289 g/mol. The summed E-state index contributed by atoms with van der Waals surface area (Å²) in [6, 6.07) is 5.63. The van der Waals surface area contributed by atoms with Gasteiger partial charge in [-0.15, -0.1) is 5.10 Å². The van der Waals surface area contributed by atoms with Crippen LogP contribution in [0.25, 0.3) is 11.4 Å². The summed E-state index contributed by atoms with van der Waals surface area (Å²) in [5.41, 5.74) is 7.41. The fourth-order valence-corrected chi connectivity index (χ4v) is 2.76. The highest BCUT2D eigenvalue weighted by molar-refractivity contribution is 5.66. The molecule has 2 N–H and O–H groups in total. The molecule has 1 aromatic carbocycles. The van der Waals surface area contributed by atoms with Crippen molar-refractivity contribution in [2.75, 3.05) is 12.8 Å². The third kappa shape index (κ3) is 2.57. The number of aromatic nitrogens is 4. The van der Waals surface area contributed by atoms with E-state index >= 15 is 0 Å². The second-order valence-electron chi connectivity index (χ2n) is 5.16. The quantitative estimate of drug-likeness (QED) is 0.827. The first kappa shape index (κ1) is 15.3. The molecule has 6 nitrogen and oxygen atoms in total. The monoisotopic (exact) mass is 289 g/mol. The summed E-state index contributed by atoms with van der Waals surface area (Å²) in [4.78, 5) is 0. The highest BCUT2D eigenvalue weighted by atomic mass is 16.5. The number of anilines is 1. The summed E-state index contributed by atoms with van der Waals surface area (Å²) < 4.78 is 7.13. The van der Waals surface area contributed by atoms with Gasteiger partial charge in [0.2, 0.25) is 0 Å². The average Bonchev–Trinajstić information content (AvgIpc) is 3.00. The van der Waals surface area contributed by atoms with E-state index in [1.165, 1.54) is 0 Å². The Morgan fingerprint density at radius 1 is 1.19 bits per heavy atom. The van der Waals surface area contributed by atoms with Crippen LogP contribution < -0.4 is 10.5 Å². The molecule has 0 saturated carbocycles. The van der Waals surface area contributed by atoms with E-state index in [9.17, 15) is 0 Å². The molecule has 6 heteroatoms. The van der Waals surface area contributed by atoms with Gasteiger partial charge in [-0.05, 0) is 47.9 Å². The standard InChI is InChI=1S/C15H23N5O/c1-5-15(6-2,7-3)20-14(17-18-19-20)11-8-9-13(21-4)12(16)10-11/h8-10H,5-7,16H2,1-4H3. The van der Waals surface area contributed by atoms with E-state index in [0.29, 0.717) is 11.4 Å². The summed E-state index contributed by atoms with van der Waals surface area (Å²) in [5.74, 6) is 1.40. The van der Waals surface area contributed by atoms with Crippen molar-refractivity contribution in [3.05, 3.63) is 18.2 Å². The van der Waals surface area contributed by atoms with E-state index in [2.05, 4.69) is 36.3 Å². The van der Waals surface area contributed by atoms with Gasteiger partial charge in [-0.3, -0.25) is 0 Å². The van der Waals surface area contributed by atoms with Crippen LogP contribution in [0.3, 0.4) is 0 Å². The molecule has 0 bridgehead atoms. The van der Waals surface area contributed by atoms with Crippen LogP contribution in [0, 0.1) is 0 Å². The Morgan fingerprint density at radius 3 is 2.38 bits per heavy atom. The number of methoxy groups -OCH3 is 1. The molecule has 0 atom stereocenters. The van der Waals surface area contributed by atoms with E-state index in [4.69, 9.17) is 10.5 Å². The Bertz CT molecular complexity index is 596. The van der Waals surface area contributed by atoms with Crippen LogP contribution in [0.1, 0.15) is 40.0 Å². The predicted molar refractivity (Wildman–Crippen MR) is 83.1 cm³/mol. The zero-order chi connectivity index (χ0) is 15.5. The van der Waals surface area contributed by atoms with Gasteiger partial charge in [0.25, 0.3) is 0 Å². The number of hydrogen-bond donors (Lipinski definition) is 1. The van der Waals surface area contributed by atoms with Crippen LogP contribution in [-0.2, 0) is 5.54 Å². The third-order valence-corrected chi connectivity index (χ3v) is 4.38. The van der Waals surface area contributed by atoms with Crippen LogP contribution >= 0.6 is 0 Å². The number of benzene rings is 1. The summed E-state index contributed by atoms with van der Waals surface area (Å²) in [6.45, 7) is 6.50. The Balaban J connectivity index is 2.52. The van der Waals surface area contributed by atoms with Gasteiger partial charge in [0.05, 0.1) is 18.3 Å². The number of nitrogens with two attached hydrogens (primary N) is 1. The van der Waals surface area contributed by atoms with Crippen LogP contribution in [0.2, 0.25) is 0 Å². The first-order valence-corrected chi connectivity index (χ1v) is 7.34. The Labute approximate surface area is 125 Å². The van der Waals surface area contributed by atoms with E-state index in [0.717, 1.165) is 30.7 Å². The minimum Gasteiger partial charge on any atom is -0.495 e. The lowest BCUT2D eigenvalue weighted by Gasteiger charge is -2.31. The summed E-state index contributed by atoms with van der Waals surface area (Å²) in [5, 5.41) is 12.3. The van der Waals surface area contributed by atoms with Crippen LogP contribution in [-0.4, -0.2) is 27.3 Å². The van der Waals surface area contributed by atoms with Crippen molar-refractivity contribution in [2.24, 2.45) is 0 Å². The molecule has 0 saturated heterocycles. The maximum atomic E-state index is 5.99. The zero-order valence-corrected chi connectivity index (χ0v) is 13.1. The van der Waals surface area contributed by atoms with Crippen molar-refractivity contribution in [2.45, 2.75) is 45.6 Å². The molecule has 114 valence electrons. The lowest BCUT2D eigenvalue weighted by atomic mass is 9.89.